The summed E-state index contributed by atoms with van der Waals surface area (Å²) in [6, 6.07) is 0. The minimum atomic E-state index is -0.172. The van der Waals surface area contributed by atoms with Crippen LogP contribution >= 0.6 is 23.2 Å². The molecule has 1 heterocycles. The Morgan fingerprint density at radius 1 is 1.38 bits per heavy atom. The minimum Gasteiger partial charge on any atom is -0.496 e. The third-order valence-corrected chi connectivity index (χ3v) is 3.36. The summed E-state index contributed by atoms with van der Waals surface area (Å²) >= 11 is 12.0. The van der Waals surface area contributed by atoms with Crippen LogP contribution in [0.1, 0.15) is 12.8 Å². The first-order valence-electron chi connectivity index (χ1n) is 4.32. The number of fused-ring (bicyclic) bond motifs is 1. The fourth-order valence-corrected chi connectivity index (χ4v) is 2.84. The van der Waals surface area contributed by atoms with Crippen LogP contribution in [0.3, 0.4) is 0 Å². The second-order valence-electron chi connectivity index (χ2n) is 3.50. The molecule has 0 aromatic carbocycles. The summed E-state index contributed by atoms with van der Waals surface area (Å²) < 4.78 is 5.32. The molecule has 2 rings (SSSR count). The van der Waals surface area contributed by atoms with Crippen LogP contribution in [-0.2, 0) is 9.53 Å². The molecule has 1 saturated carbocycles. The molecule has 4 heteroatoms. The summed E-state index contributed by atoms with van der Waals surface area (Å²) in [6.45, 7) is 0. The van der Waals surface area contributed by atoms with E-state index >= 15 is 0 Å². The molecule has 0 aromatic rings. The molecule has 0 N–H and O–H groups in total. The molecule has 2 nitrogen and oxygen atoms in total. The Morgan fingerprint density at radius 3 is 2.92 bits per heavy atom. The van der Waals surface area contributed by atoms with E-state index in [-0.39, 0.29) is 28.6 Å². The predicted octanol–water partition coefficient (Wildman–Crippen LogP) is 2.09. The average molecular weight is 221 g/mol. The topological polar surface area (TPSA) is 26.3 Å². The van der Waals surface area contributed by atoms with Gasteiger partial charge in [-0.2, -0.15) is 0 Å². The van der Waals surface area contributed by atoms with Gasteiger partial charge in [-0.05, 0) is 12.8 Å². The van der Waals surface area contributed by atoms with Gasteiger partial charge in [-0.1, -0.05) is 0 Å². The van der Waals surface area contributed by atoms with Crippen LogP contribution in [0, 0.1) is 5.92 Å². The summed E-state index contributed by atoms with van der Waals surface area (Å²) in [5.74, 6) is -0.0454. The maximum absolute atomic E-state index is 11.4. The van der Waals surface area contributed by atoms with Gasteiger partial charge in [0.2, 0.25) is 0 Å². The number of carbonyl (C=O) groups is 1. The number of ketones is 1. The summed E-state index contributed by atoms with van der Waals surface area (Å²) in [6.07, 6.45) is 4.12. The molecule has 0 spiro atoms. The van der Waals surface area contributed by atoms with Gasteiger partial charge in [0.15, 0.2) is 5.78 Å². The van der Waals surface area contributed by atoms with Crippen molar-refractivity contribution in [2.75, 3.05) is 0 Å². The Kier molecular flexibility index (Phi) is 2.52. The van der Waals surface area contributed by atoms with Crippen molar-refractivity contribution in [3.63, 3.8) is 0 Å². The monoisotopic (exact) mass is 220 g/mol. The van der Waals surface area contributed by atoms with E-state index in [0.717, 1.165) is 0 Å². The largest absolute Gasteiger partial charge is 0.496 e. The van der Waals surface area contributed by atoms with E-state index in [1.54, 1.807) is 0 Å². The fraction of sp³-hybridized carbons (Fsp3) is 0.667. The van der Waals surface area contributed by atoms with Gasteiger partial charge < -0.3 is 4.74 Å². The van der Waals surface area contributed by atoms with Crippen molar-refractivity contribution in [1.29, 1.82) is 0 Å². The van der Waals surface area contributed by atoms with Crippen LogP contribution in [0.2, 0.25) is 0 Å². The number of halogens is 2. The van der Waals surface area contributed by atoms with Gasteiger partial charge >= 0.3 is 0 Å². The van der Waals surface area contributed by atoms with Crippen molar-refractivity contribution in [1.82, 2.24) is 0 Å². The van der Waals surface area contributed by atoms with E-state index < -0.39 is 0 Å². The first-order chi connectivity index (χ1) is 6.18. The molecule has 4 unspecified atom stereocenters. The molecule has 0 amide bonds. The maximum Gasteiger partial charge on any atom is 0.165 e. The molecule has 0 aromatic heterocycles. The zero-order chi connectivity index (χ0) is 9.42. The fourth-order valence-electron chi connectivity index (χ4n) is 1.92. The quantitative estimate of drug-likeness (QED) is 0.585. The van der Waals surface area contributed by atoms with Crippen molar-refractivity contribution >= 4 is 29.0 Å². The number of ether oxygens (including phenoxy) is 1. The molecule has 0 saturated heterocycles. The number of hydrogen-bond donors (Lipinski definition) is 0. The molecule has 1 fully saturated rings. The zero-order valence-electron chi connectivity index (χ0n) is 6.95. The van der Waals surface area contributed by atoms with Crippen molar-refractivity contribution < 1.29 is 9.53 Å². The molecule has 72 valence electrons. The summed E-state index contributed by atoms with van der Waals surface area (Å²) in [7, 11) is 0. The van der Waals surface area contributed by atoms with Gasteiger partial charge in [0.05, 0.1) is 17.6 Å². The van der Waals surface area contributed by atoms with Crippen LogP contribution in [0.25, 0.3) is 0 Å². The normalized spacial score (nSPS) is 44.0. The summed E-state index contributed by atoms with van der Waals surface area (Å²) in [4.78, 5) is 11.4. The lowest BCUT2D eigenvalue weighted by Crippen LogP contribution is -2.44. The van der Waals surface area contributed by atoms with Crippen molar-refractivity contribution in [2.45, 2.75) is 29.7 Å². The Balaban J connectivity index is 2.19. The molecule has 0 radical (unpaired) electrons. The van der Waals surface area contributed by atoms with Crippen LogP contribution in [0.4, 0.5) is 0 Å². The van der Waals surface area contributed by atoms with Crippen LogP contribution in [0.5, 0.6) is 0 Å². The van der Waals surface area contributed by atoms with Crippen LogP contribution < -0.4 is 0 Å². The smallest absolute Gasteiger partial charge is 0.165 e. The van der Waals surface area contributed by atoms with Crippen molar-refractivity contribution in [2.24, 2.45) is 5.92 Å². The Hall–Kier alpha value is -0.210. The van der Waals surface area contributed by atoms with E-state index in [1.807, 2.05) is 0 Å². The van der Waals surface area contributed by atoms with Gasteiger partial charge in [-0.3, -0.25) is 4.79 Å². The first kappa shape index (κ1) is 9.35. The van der Waals surface area contributed by atoms with Gasteiger partial charge in [-0.25, -0.2) is 0 Å². The molecule has 13 heavy (non-hydrogen) atoms. The van der Waals surface area contributed by atoms with Gasteiger partial charge in [0.1, 0.15) is 6.10 Å². The standard InChI is InChI=1S/C9H10Cl2O2/c10-5-3-6-8(12)1-2-13-9(6)7(11)4-5/h1-2,5-7,9H,3-4H2. The highest BCUT2D eigenvalue weighted by Gasteiger charge is 2.41. The van der Waals surface area contributed by atoms with Gasteiger partial charge in [-0.15, -0.1) is 23.2 Å². The summed E-state index contributed by atoms with van der Waals surface area (Å²) in [5.41, 5.74) is 0. The maximum atomic E-state index is 11.4. The third-order valence-electron chi connectivity index (χ3n) is 2.58. The van der Waals surface area contributed by atoms with E-state index in [2.05, 4.69) is 0 Å². The lowest BCUT2D eigenvalue weighted by Gasteiger charge is -2.37. The van der Waals surface area contributed by atoms with E-state index in [4.69, 9.17) is 27.9 Å². The highest BCUT2D eigenvalue weighted by Crippen LogP contribution is 2.36. The summed E-state index contributed by atoms with van der Waals surface area (Å²) in [5, 5.41) is -0.141. The Labute approximate surface area is 86.8 Å². The van der Waals surface area contributed by atoms with Gasteiger partial charge in [0, 0.05) is 11.5 Å². The average Bonchev–Trinajstić information content (AvgIpc) is 2.07. The zero-order valence-corrected chi connectivity index (χ0v) is 8.46. The van der Waals surface area contributed by atoms with Gasteiger partial charge in [0.25, 0.3) is 0 Å². The molecule has 0 bridgehead atoms. The lowest BCUT2D eigenvalue weighted by atomic mass is 9.82. The number of allylic oxidation sites excluding steroid dienone is 1. The third kappa shape index (κ3) is 1.70. The molecular formula is C9H10Cl2O2. The van der Waals surface area contributed by atoms with E-state index in [0.29, 0.717) is 12.8 Å². The molecule has 1 aliphatic carbocycles. The van der Waals surface area contributed by atoms with E-state index in [9.17, 15) is 4.79 Å². The molecular weight excluding hydrogens is 211 g/mol. The number of alkyl halides is 2. The lowest BCUT2D eigenvalue weighted by molar-refractivity contribution is -0.125. The Morgan fingerprint density at radius 2 is 2.15 bits per heavy atom. The second kappa shape index (κ2) is 3.50. The highest BCUT2D eigenvalue weighted by atomic mass is 35.5. The predicted molar refractivity (Wildman–Crippen MR) is 51.0 cm³/mol. The van der Waals surface area contributed by atoms with Crippen molar-refractivity contribution in [3.8, 4) is 0 Å². The number of rotatable bonds is 0. The van der Waals surface area contributed by atoms with Crippen LogP contribution in [-0.4, -0.2) is 22.6 Å². The van der Waals surface area contributed by atoms with E-state index in [1.165, 1.54) is 12.3 Å². The van der Waals surface area contributed by atoms with Crippen molar-refractivity contribution in [3.05, 3.63) is 12.3 Å². The first-order valence-corrected chi connectivity index (χ1v) is 5.20. The second-order valence-corrected chi connectivity index (χ2v) is 4.67. The minimum absolute atomic E-state index is 0.00259. The molecule has 1 aliphatic heterocycles. The highest BCUT2D eigenvalue weighted by molar-refractivity contribution is 6.24. The number of carbonyl (C=O) groups excluding carboxylic acids is 1. The van der Waals surface area contributed by atoms with Crippen LogP contribution in [0.15, 0.2) is 12.3 Å². The molecule has 2 aliphatic rings. The SMILES string of the molecule is O=C1C=COC2C(Cl)CC(Cl)CC12. The number of hydrogen-bond acceptors (Lipinski definition) is 2. The Bertz CT molecular complexity index is 252. The molecule has 4 atom stereocenters.